The smallest absolute Gasteiger partial charge is 0.224 e. The van der Waals surface area contributed by atoms with Crippen LogP contribution in [0, 0.1) is 17.1 Å². The van der Waals surface area contributed by atoms with E-state index in [-0.39, 0.29) is 10.8 Å². The molecule has 2 aromatic rings. The minimum Gasteiger partial charge on any atom is -0.224 e. The van der Waals surface area contributed by atoms with Crippen molar-refractivity contribution >= 4 is 11.6 Å². The molecule has 1 heterocycles. The highest BCUT2D eigenvalue weighted by Gasteiger charge is 2.08. The van der Waals surface area contributed by atoms with Crippen LogP contribution in [0.1, 0.15) is 24.9 Å². The number of hydrogen-bond donors (Lipinski definition) is 0. The first-order chi connectivity index (χ1) is 9.13. The van der Waals surface area contributed by atoms with E-state index in [1.807, 2.05) is 13.0 Å². The number of benzene rings is 1. The van der Waals surface area contributed by atoms with Crippen molar-refractivity contribution < 1.29 is 4.39 Å². The number of rotatable bonds is 3. The molecule has 0 aliphatic rings. The average Bonchev–Trinajstić information content (AvgIpc) is 2.42. The van der Waals surface area contributed by atoms with E-state index in [0.29, 0.717) is 11.3 Å². The minimum absolute atomic E-state index is 0.0621. The van der Waals surface area contributed by atoms with Crippen LogP contribution >= 0.6 is 11.6 Å². The number of nitriles is 1. The molecule has 19 heavy (non-hydrogen) atoms. The summed E-state index contributed by atoms with van der Waals surface area (Å²) in [5, 5.41) is 8.99. The number of hydrogen-bond acceptors (Lipinski definition) is 3. The van der Waals surface area contributed by atoms with Gasteiger partial charge in [0.25, 0.3) is 0 Å². The first-order valence-corrected chi connectivity index (χ1v) is 6.25. The Morgan fingerprint density at radius 1 is 1.32 bits per heavy atom. The molecular weight excluding hydrogens is 265 g/mol. The van der Waals surface area contributed by atoms with Crippen LogP contribution in [0.4, 0.5) is 4.39 Å². The van der Waals surface area contributed by atoms with Gasteiger partial charge in [-0.25, -0.2) is 14.4 Å². The highest BCUT2D eigenvalue weighted by atomic mass is 35.5. The molecule has 3 nitrogen and oxygen atoms in total. The molecule has 0 N–H and O–H groups in total. The molecule has 1 aromatic carbocycles. The van der Waals surface area contributed by atoms with Gasteiger partial charge >= 0.3 is 0 Å². The Labute approximate surface area is 115 Å². The largest absolute Gasteiger partial charge is 0.232 e. The average molecular weight is 276 g/mol. The molecule has 5 heteroatoms. The van der Waals surface area contributed by atoms with E-state index in [2.05, 4.69) is 9.97 Å². The highest BCUT2D eigenvalue weighted by Crippen LogP contribution is 2.23. The summed E-state index contributed by atoms with van der Waals surface area (Å²) < 4.78 is 13.5. The van der Waals surface area contributed by atoms with E-state index in [1.54, 1.807) is 12.1 Å². The molecule has 0 unspecified atom stereocenters. The molecule has 0 amide bonds. The predicted octanol–water partition coefficient (Wildman–Crippen LogP) is 3.76. The van der Waals surface area contributed by atoms with Crippen molar-refractivity contribution in [2.75, 3.05) is 0 Å². The summed E-state index contributed by atoms with van der Waals surface area (Å²) in [5.41, 5.74) is 1.89. The molecule has 2 rings (SSSR count). The zero-order chi connectivity index (χ0) is 13.8. The third-order valence-electron chi connectivity index (χ3n) is 2.60. The van der Waals surface area contributed by atoms with Gasteiger partial charge in [-0.2, -0.15) is 5.26 Å². The minimum atomic E-state index is -0.506. The maximum Gasteiger partial charge on any atom is 0.232 e. The molecule has 0 saturated heterocycles. The lowest BCUT2D eigenvalue weighted by molar-refractivity contribution is 0.628. The number of aromatic nitrogens is 2. The zero-order valence-electron chi connectivity index (χ0n) is 10.3. The fourth-order valence-corrected chi connectivity index (χ4v) is 1.85. The topological polar surface area (TPSA) is 49.6 Å². The van der Waals surface area contributed by atoms with E-state index in [0.717, 1.165) is 18.5 Å². The molecule has 0 fully saturated rings. The van der Waals surface area contributed by atoms with Crippen LogP contribution in [0.15, 0.2) is 24.3 Å². The number of nitrogens with zero attached hydrogens (tertiary/aromatic N) is 3. The third kappa shape index (κ3) is 3.07. The summed E-state index contributed by atoms with van der Waals surface area (Å²) in [7, 11) is 0. The fourth-order valence-electron chi connectivity index (χ4n) is 1.74. The van der Waals surface area contributed by atoms with Gasteiger partial charge in [0.05, 0.1) is 10.7 Å². The predicted molar refractivity (Wildman–Crippen MR) is 71.1 cm³/mol. The van der Waals surface area contributed by atoms with Crippen LogP contribution in [0.3, 0.4) is 0 Å². The second-order valence-corrected chi connectivity index (χ2v) is 4.47. The maximum atomic E-state index is 13.5. The van der Waals surface area contributed by atoms with Crippen molar-refractivity contribution in [3.05, 3.63) is 46.6 Å². The molecule has 0 aliphatic heterocycles. The lowest BCUT2D eigenvalue weighted by Gasteiger charge is -2.05. The van der Waals surface area contributed by atoms with E-state index < -0.39 is 5.82 Å². The summed E-state index contributed by atoms with van der Waals surface area (Å²) >= 11 is 5.65. The van der Waals surface area contributed by atoms with Gasteiger partial charge in [-0.3, -0.25) is 0 Å². The van der Waals surface area contributed by atoms with Crippen LogP contribution in [-0.2, 0) is 6.42 Å². The van der Waals surface area contributed by atoms with Crippen molar-refractivity contribution in [2.24, 2.45) is 0 Å². The maximum absolute atomic E-state index is 13.5. The third-order valence-corrected chi connectivity index (χ3v) is 2.91. The van der Waals surface area contributed by atoms with Crippen LogP contribution in [0.25, 0.3) is 11.3 Å². The van der Waals surface area contributed by atoms with Crippen molar-refractivity contribution in [1.29, 1.82) is 5.26 Å². The van der Waals surface area contributed by atoms with E-state index in [9.17, 15) is 4.39 Å². The van der Waals surface area contributed by atoms with Gasteiger partial charge < -0.3 is 0 Å². The van der Waals surface area contributed by atoms with Gasteiger partial charge in [0.2, 0.25) is 5.82 Å². The zero-order valence-corrected chi connectivity index (χ0v) is 11.1. The first kappa shape index (κ1) is 13.4. The second-order valence-electron chi connectivity index (χ2n) is 4.06. The van der Waals surface area contributed by atoms with Crippen LogP contribution in [0.5, 0.6) is 0 Å². The van der Waals surface area contributed by atoms with Crippen molar-refractivity contribution in [2.45, 2.75) is 19.8 Å². The van der Waals surface area contributed by atoms with Gasteiger partial charge in [0.1, 0.15) is 11.9 Å². The molecular formula is C14H11ClFN3. The Bertz CT molecular complexity index is 650. The number of aryl methyl sites for hydroxylation is 1. The van der Waals surface area contributed by atoms with E-state index in [4.69, 9.17) is 16.9 Å². The molecule has 0 radical (unpaired) electrons. The fraction of sp³-hybridized carbons (Fsp3) is 0.214. The standard InChI is InChI=1S/C14H11ClFN3/c1-2-3-10-7-13(19-14(8-17)18-10)9-4-5-11(15)12(16)6-9/h4-7H,2-3H2,1H3. The van der Waals surface area contributed by atoms with Gasteiger partial charge in [-0.1, -0.05) is 31.0 Å². The van der Waals surface area contributed by atoms with Gasteiger partial charge in [0.15, 0.2) is 0 Å². The van der Waals surface area contributed by atoms with Gasteiger partial charge in [0, 0.05) is 11.3 Å². The lowest BCUT2D eigenvalue weighted by atomic mass is 10.1. The van der Waals surface area contributed by atoms with E-state index in [1.165, 1.54) is 12.1 Å². The Hall–Kier alpha value is -1.99. The highest BCUT2D eigenvalue weighted by molar-refractivity contribution is 6.30. The molecule has 0 bridgehead atoms. The summed E-state index contributed by atoms with van der Waals surface area (Å²) in [6, 6.07) is 8.14. The van der Waals surface area contributed by atoms with Crippen molar-refractivity contribution in [3.8, 4) is 17.3 Å². The SMILES string of the molecule is CCCc1cc(-c2ccc(Cl)c(F)c2)nc(C#N)n1. The summed E-state index contributed by atoms with van der Waals surface area (Å²) in [6.45, 7) is 2.02. The number of halogens is 2. The summed E-state index contributed by atoms with van der Waals surface area (Å²) in [5.74, 6) is -0.412. The van der Waals surface area contributed by atoms with E-state index >= 15 is 0 Å². The Kier molecular flexibility index (Phi) is 4.08. The molecule has 1 aromatic heterocycles. The molecule has 96 valence electrons. The van der Waals surface area contributed by atoms with Crippen molar-refractivity contribution in [3.63, 3.8) is 0 Å². The molecule has 0 spiro atoms. The lowest BCUT2D eigenvalue weighted by Crippen LogP contribution is -1.98. The Morgan fingerprint density at radius 2 is 2.11 bits per heavy atom. The quantitative estimate of drug-likeness (QED) is 0.857. The Morgan fingerprint density at radius 3 is 2.74 bits per heavy atom. The molecule has 0 atom stereocenters. The Balaban J connectivity index is 2.51. The molecule has 0 saturated carbocycles. The first-order valence-electron chi connectivity index (χ1n) is 5.87. The summed E-state index contributed by atoms with van der Waals surface area (Å²) in [4.78, 5) is 8.21. The second kappa shape index (κ2) is 5.77. The van der Waals surface area contributed by atoms with Crippen LogP contribution in [0.2, 0.25) is 5.02 Å². The normalized spacial score (nSPS) is 10.2. The molecule has 0 aliphatic carbocycles. The van der Waals surface area contributed by atoms with Gasteiger partial charge in [-0.05, 0) is 24.6 Å². The summed E-state index contributed by atoms with van der Waals surface area (Å²) in [6.07, 6.45) is 1.66. The van der Waals surface area contributed by atoms with Crippen LogP contribution in [-0.4, -0.2) is 9.97 Å². The van der Waals surface area contributed by atoms with Crippen LogP contribution < -0.4 is 0 Å². The van der Waals surface area contributed by atoms with Gasteiger partial charge in [-0.15, -0.1) is 0 Å². The van der Waals surface area contributed by atoms with Crippen molar-refractivity contribution in [1.82, 2.24) is 9.97 Å². The monoisotopic (exact) mass is 275 g/mol.